The Morgan fingerprint density at radius 3 is 2.72 bits per heavy atom. The van der Waals surface area contributed by atoms with Crippen molar-refractivity contribution >= 4 is 33.2 Å². The summed E-state index contributed by atoms with van der Waals surface area (Å²) in [6.07, 6.45) is 0. The molecule has 0 aliphatic carbocycles. The number of benzene rings is 2. The second kappa shape index (κ2) is 4.26. The lowest BCUT2D eigenvalue weighted by Crippen LogP contribution is -1.82. The van der Waals surface area contributed by atoms with Crippen LogP contribution in [0.25, 0.3) is 20.8 Å². The van der Waals surface area contributed by atoms with Gasteiger partial charge in [-0.15, -0.1) is 11.3 Å². The molecule has 0 spiro atoms. The zero-order chi connectivity index (χ0) is 12.7. The molecular formula is C14H10ClNOS. The summed E-state index contributed by atoms with van der Waals surface area (Å²) >= 11 is 7.70. The summed E-state index contributed by atoms with van der Waals surface area (Å²) in [6, 6.07) is 11.2. The van der Waals surface area contributed by atoms with E-state index < -0.39 is 0 Å². The van der Waals surface area contributed by atoms with Gasteiger partial charge in [-0.3, -0.25) is 0 Å². The van der Waals surface area contributed by atoms with Gasteiger partial charge in [0.15, 0.2) is 0 Å². The predicted molar refractivity (Wildman–Crippen MR) is 76.5 cm³/mol. The fourth-order valence-electron chi connectivity index (χ4n) is 1.89. The minimum atomic E-state index is 0.290. The number of aromatic hydroxyl groups is 1. The minimum absolute atomic E-state index is 0.290. The van der Waals surface area contributed by atoms with Crippen LogP contribution in [0.5, 0.6) is 5.75 Å². The van der Waals surface area contributed by atoms with E-state index in [1.54, 1.807) is 17.4 Å². The van der Waals surface area contributed by atoms with E-state index in [-0.39, 0.29) is 5.75 Å². The van der Waals surface area contributed by atoms with E-state index in [2.05, 4.69) is 4.98 Å². The van der Waals surface area contributed by atoms with Crippen molar-refractivity contribution in [3.8, 4) is 16.3 Å². The van der Waals surface area contributed by atoms with Gasteiger partial charge in [-0.05, 0) is 25.1 Å². The van der Waals surface area contributed by atoms with Crippen molar-refractivity contribution < 1.29 is 5.11 Å². The highest BCUT2D eigenvalue weighted by Crippen LogP contribution is 2.37. The summed E-state index contributed by atoms with van der Waals surface area (Å²) < 4.78 is 0.983. The largest absolute Gasteiger partial charge is 0.508 e. The van der Waals surface area contributed by atoms with Crippen LogP contribution in [-0.2, 0) is 0 Å². The van der Waals surface area contributed by atoms with E-state index in [0.717, 1.165) is 26.4 Å². The van der Waals surface area contributed by atoms with Crippen molar-refractivity contribution in [1.82, 2.24) is 4.98 Å². The molecule has 0 unspecified atom stereocenters. The number of phenolic OH excluding ortho intramolecular Hbond substituents is 1. The predicted octanol–water partition coefficient (Wildman–Crippen LogP) is 4.63. The lowest BCUT2D eigenvalue weighted by atomic mass is 10.1. The van der Waals surface area contributed by atoms with Gasteiger partial charge in [-0.25, -0.2) is 4.98 Å². The third-order valence-corrected chi connectivity index (χ3v) is 4.47. The van der Waals surface area contributed by atoms with E-state index in [1.165, 1.54) is 0 Å². The Morgan fingerprint density at radius 2 is 1.94 bits per heavy atom. The van der Waals surface area contributed by atoms with Crippen LogP contribution in [0.1, 0.15) is 5.56 Å². The summed E-state index contributed by atoms with van der Waals surface area (Å²) in [4.78, 5) is 4.57. The van der Waals surface area contributed by atoms with Gasteiger partial charge in [-0.1, -0.05) is 29.8 Å². The summed E-state index contributed by atoms with van der Waals surface area (Å²) in [5.41, 5.74) is 2.69. The quantitative estimate of drug-likeness (QED) is 0.702. The highest BCUT2D eigenvalue weighted by atomic mass is 35.5. The molecule has 0 atom stereocenters. The van der Waals surface area contributed by atoms with E-state index in [4.69, 9.17) is 11.6 Å². The van der Waals surface area contributed by atoms with Crippen molar-refractivity contribution in [2.45, 2.75) is 6.92 Å². The van der Waals surface area contributed by atoms with Crippen molar-refractivity contribution in [2.24, 2.45) is 0 Å². The number of nitrogens with zero attached hydrogens (tertiary/aromatic N) is 1. The lowest BCUT2D eigenvalue weighted by molar-refractivity contribution is 0.471. The fraction of sp³-hybridized carbons (Fsp3) is 0.0714. The van der Waals surface area contributed by atoms with Gasteiger partial charge in [0.25, 0.3) is 0 Å². The molecule has 1 heterocycles. The van der Waals surface area contributed by atoms with Crippen molar-refractivity contribution in [3.05, 3.63) is 47.0 Å². The molecule has 90 valence electrons. The molecule has 0 fully saturated rings. The highest BCUT2D eigenvalue weighted by molar-refractivity contribution is 7.22. The Hall–Kier alpha value is -1.58. The molecule has 0 saturated carbocycles. The first-order valence-electron chi connectivity index (χ1n) is 5.51. The maximum Gasteiger partial charge on any atom is 0.125 e. The number of halogens is 1. The summed E-state index contributed by atoms with van der Waals surface area (Å²) in [5.74, 6) is 0.290. The normalized spacial score (nSPS) is 11.0. The molecule has 3 rings (SSSR count). The van der Waals surface area contributed by atoms with Gasteiger partial charge in [0.05, 0.1) is 15.2 Å². The summed E-state index contributed by atoms with van der Waals surface area (Å²) in [7, 11) is 0. The van der Waals surface area contributed by atoms with E-state index in [0.29, 0.717) is 5.02 Å². The number of aromatic nitrogens is 1. The maximum absolute atomic E-state index is 9.74. The van der Waals surface area contributed by atoms with Crippen molar-refractivity contribution in [1.29, 1.82) is 0 Å². The number of fused-ring (bicyclic) bond motifs is 1. The zero-order valence-corrected chi connectivity index (χ0v) is 11.2. The van der Waals surface area contributed by atoms with Gasteiger partial charge >= 0.3 is 0 Å². The molecule has 0 saturated heterocycles. The molecule has 3 aromatic rings. The molecule has 0 radical (unpaired) electrons. The first kappa shape index (κ1) is 11.5. The molecule has 1 N–H and O–H groups in total. The first-order chi connectivity index (χ1) is 8.66. The Morgan fingerprint density at radius 1 is 1.17 bits per heavy atom. The van der Waals surface area contributed by atoms with Gasteiger partial charge in [-0.2, -0.15) is 0 Å². The standard InChI is InChI=1S/C14H10ClNOS/c1-8-9(4-2-7-12(8)17)14-16-11-6-3-5-10(15)13(11)18-14/h2-7,17H,1H3. The SMILES string of the molecule is Cc1c(O)cccc1-c1nc2cccc(Cl)c2s1. The van der Waals surface area contributed by atoms with Crippen LogP contribution in [0, 0.1) is 6.92 Å². The van der Waals surface area contributed by atoms with E-state index in [1.807, 2.05) is 37.3 Å². The molecule has 0 aliphatic heterocycles. The highest BCUT2D eigenvalue weighted by Gasteiger charge is 2.11. The number of hydrogen-bond donors (Lipinski definition) is 1. The van der Waals surface area contributed by atoms with Crippen LogP contribution in [0.4, 0.5) is 0 Å². The Bertz CT molecular complexity index is 736. The van der Waals surface area contributed by atoms with Crippen LogP contribution in [0.2, 0.25) is 5.02 Å². The van der Waals surface area contributed by atoms with Crippen LogP contribution in [0.3, 0.4) is 0 Å². The first-order valence-corrected chi connectivity index (χ1v) is 6.70. The van der Waals surface area contributed by atoms with Gasteiger partial charge < -0.3 is 5.11 Å². The second-order valence-electron chi connectivity index (χ2n) is 4.06. The van der Waals surface area contributed by atoms with Crippen LogP contribution < -0.4 is 0 Å². The number of phenols is 1. The minimum Gasteiger partial charge on any atom is -0.508 e. The zero-order valence-electron chi connectivity index (χ0n) is 9.64. The molecule has 2 aromatic carbocycles. The monoisotopic (exact) mass is 275 g/mol. The van der Waals surface area contributed by atoms with Crippen LogP contribution in [0.15, 0.2) is 36.4 Å². The Kier molecular flexibility index (Phi) is 2.73. The summed E-state index contributed by atoms with van der Waals surface area (Å²) in [6.45, 7) is 1.89. The molecule has 2 nitrogen and oxygen atoms in total. The third-order valence-electron chi connectivity index (χ3n) is 2.90. The molecule has 1 aromatic heterocycles. The van der Waals surface area contributed by atoms with E-state index in [9.17, 15) is 5.11 Å². The molecule has 0 amide bonds. The van der Waals surface area contributed by atoms with Crippen LogP contribution in [-0.4, -0.2) is 10.1 Å². The Balaban J connectivity index is 2.26. The fourth-order valence-corrected chi connectivity index (χ4v) is 3.22. The second-order valence-corrected chi connectivity index (χ2v) is 5.46. The third kappa shape index (κ3) is 1.76. The van der Waals surface area contributed by atoms with Gasteiger partial charge in [0.2, 0.25) is 0 Å². The number of rotatable bonds is 1. The average Bonchev–Trinajstić information content (AvgIpc) is 2.78. The molecule has 0 aliphatic rings. The Labute approximate surface area is 113 Å². The van der Waals surface area contributed by atoms with E-state index >= 15 is 0 Å². The number of thiazole rings is 1. The summed E-state index contributed by atoms with van der Waals surface area (Å²) in [5, 5.41) is 11.3. The maximum atomic E-state index is 9.74. The number of hydrogen-bond acceptors (Lipinski definition) is 3. The molecular weight excluding hydrogens is 266 g/mol. The smallest absolute Gasteiger partial charge is 0.125 e. The molecule has 4 heteroatoms. The molecule has 0 bridgehead atoms. The van der Waals surface area contributed by atoms with Crippen molar-refractivity contribution in [2.75, 3.05) is 0 Å². The van der Waals surface area contributed by atoms with Gasteiger partial charge in [0.1, 0.15) is 10.8 Å². The lowest BCUT2D eigenvalue weighted by Gasteiger charge is -2.03. The van der Waals surface area contributed by atoms with Gasteiger partial charge in [0, 0.05) is 11.1 Å². The topological polar surface area (TPSA) is 33.1 Å². The van der Waals surface area contributed by atoms with Crippen LogP contribution >= 0.6 is 22.9 Å². The molecule has 18 heavy (non-hydrogen) atoms. The average molecular weight is 276 g/mol. The van der Waals surface area contributed by atoms with Crippen molar-refractivity contribution in [3.63, 3.8) is 0 Å².